The van der Waals surface area contributed by atoms with E-state index in [1.54, 1.807) is 12.3 Å². The summed E-state index contributed by atoms with van der Waals surface area (Å²) in [4.78, 5) is 23.2. The van der Waals surface area contributed by atoms with Gasteiger partial charge in [-0.05, 0) is 30.9 Å². The first-order valence-electron chi connectivity index (χ1n) is 8.64. The molecular formula is C19H26N4O. The number of nitrogens with one attached hydrogen (secondary N) is 1. The molecule has 0 aliphatic carbocycles. The van der Waals surface area contributed by atoms with Crippen LogP contribution in [0.25, 0.3) is 0 Å². The average molecular weight is 326 g/mol. The summed E-state index contributed by atoms with van der Waals surface area (Å²) in [6.45, 7) is 6.64. The highest BCUT2D eigenvalue weighted by Crippen LogP contribution is 2.09. The van der Waals surface area contributed by atoms with Gasteiger partial charge in [-0.2, -0.15) is 0 Å². The Balaban J connectivity index is 1.95. The summed E-state index contributed by atoms with van der Waals surface area (Å²) in [6.07, 6.45) is 4.52. The van der Waals surface area contributed by atoms with Gasteiger partial charge in [-0.15, -0.1) is 0 Å². The lowest BCUT2D eigenvalue weighted by Crippen LogP contribution is -2.30. The van der Waals surface area contributed by atoms with Crippen LogP contribution in [0.5, 0.6) is 0 Å². The SMILES string of the molecule is CCCN(CCC)c1nccc(C(=O)NCCc2ccccc2)n1. The van der Waals surface area contributed by atoms with Crippen LogP contribution in [-0.4, -0.2) is 35.5 Å². The van der Waals surface area contributed by atoms with Crippen LogP contribution in [0, 0.1) is 0 Å². The Morgan fingerprint density at radius 3 is 2.46 bits per heavy atom. The second kappa shape index (κ2) is 9.65. The van der Waals surface area contributed by atoms with Crippen molar-refractivity contribution in [2.75, 3.05) is 24.5 Å². The van der Waals surface area contributed by atoms with Crippen molar-refractivity contribution in [3.05, 3.63) is 53.9 Å². The summed E-state index contributed by atoms with van der Waals surface area (Å²) in [5.74, 6) is 0.483. The molecule has 2 rings (SSSR count). The van der Waals surface area contributed by atoms with Gasteiger partial charge in [0, 0.05) is 25.8 Å². The predicted octanol–water partition coefficient (Wildman–Crippen LogP) is 3.08. The average Bonchev–Trinajstić information content (AvgIpc) is 2.62. The lowest BCUT2D eigenvalue weighted by Gasteiger charge is -2.21. The van der Waals surface area contributed by atoms with Crippen LogP contribution in [0.3, 0.4) is 0 Å². The van der Waals surface area contributed by atoms with Gasteiger partial charge >= 0.3 is 0 Å². The number of hydrogen-bond donors (Lipinski definition) is 1. The van der Waals surface area contributed by atoms with E-state index in [1.807, 2.05) is 18.2 Å². The van der Waals surface area contributed by atoms with Crippen molar-refractivity contribution in [2.45, 2.75) is 33.1 Å². The summed E-state index contributed by atoms with van der Waals surface area (Å²) in [6, 6.07) is 11.8. The van der Waals surface area contributed by atoms with Gasteiger partial charge in [0.05, 0.1) is 0 Å². The molecule has 0 fully saturated rings. The molecule has 5 nitrogen and oxygen atoms in total. The molecule has 0 unspecified atom stereocenters. The molecule has 0 radical (unpaired) electrons. The largest absolute Gasteiger partial charge is 0.350 e. The monoisotopic (exact) mass is 326 g/mol. The summed E-state index contributed by atoms with van der Waals surface area (Å²) >= 11 is 0. The first-order chi connectivity index (χ1) is 11.7. The van der Waals surface area contributed by atoms with Gasteiger partial charge in [0.2, 0.25) is 5.95 Å². The van der Waals surface area contributed by atoms with Crippen molar-refractivity contribution in [1.29, 1.82) is 0 Å². The van der Waals surface area contributed by atoms with E-state index in [0.29, 0.717) is 18.2 Å². The molecule has 2 aromatic rings. The Labute approximate surface area is 144 Å². The molecule has 5 heteroatoms. The van der Waals surface area contributed by atoms with E-state index in [0.717, 1.165) is 32.4 Å². The van der Waals surface area contributed by atoms with Gasteiger partial charge in [-0.3, -0.25) is 4.79 Å². The van der Waals surface area contributed by atoms with Gasteiger partial charge in [0.15, 0.2) is 0 Å². The topological polar surface area (TPSA) is 58.1 Å². The molecule has 0 saturated carbocycles. The minimum atomic E-state index is -0.150. The molecule has 0 bridgehead atoms. The van der Waals surface area contributed by atoms with Crippen LogP contribution in [0.15, 0.2) is 42.6 Å². The number of anilines is 1. The molecule has 1 aromatic heterocycles. The minimum Gasteiger partial charge on any atom is -0.350 e. The number of carbonyl (C=O) groups is 1. The maximum absolute atomic E-state index is 12.3. The maximum atomic E-state index is 12.3. The standard InChI is InChI=1S/C19H26N4O/c1-3-14-23(15-4-2)19-21-13-11-17(22-19)18(24)20-12-10-16-8-6-5-7-9-16/h5-9,11,13H,3-4,10,12,14-15H2,1-2H3,(H,20,24). The molecule has 0 aliphatic rings. The van der Waals surface area contributed by atoms with Crippen molar-refractivity contribution in [1.82, 2.24) is 15.3 Å². The molecule has 24 heavy (non-hydrogen) atoms. The van der Waals surface area contributed by atoms with Crippen LogP contribution in [0.1, 0.15) is 42.7 Å². The molecule has 1 aromatic carbocycles. The molecule has 1 amide bonds. The van der Waals surface area contributed by atoms with Gasteiger partial charge < -0.3 is 10.2 Å². The second-order valence-corrected chi connectivity index (χ2v) is 5.72. The van der Waals surface area contributed by atoms with Crippen LogP contribution < -0.4 is 10.2 Å². The number of carbonyl (C=O) groups excluding carboxylic acids is 1. The number of rotatable bonds is 9. The van der Waals surface area contributed by atoms with E-state index >= 15 is 0 Å². The van der Waals surface area contributed by atoms with E-state index in [4.69, 9.17) is 0 Å². The van der Waals surface area contributed by atoms with Crippen LogP contribution in [0.2, 0.25) is 0 Å². The van der Waals surface area contributed by atoms with E-state index in [2.05, 4.69) is 46.2 Å². The fraction of sp³-hybridized carbons (Fsp3) is 0.421. The third-order valence-electron chi connectivity index (χ3n) is 3.69. The molecular weight excluding hydrogens is 300 g/mol. The second-order valence-electron chi connectivity index (χ2n) is 5.72. The molecule has 0 aliphatic heterocycles. The van der Waals surface area contributed by atoms with Gasteiger partial charge in [-0.25, -0.2) is 9.97 Å². The van der Waals surface area contributed by atoms with Crippen molar-refractivity contribution in [3.8, 4) is 0 Å². The lowest BCUT2D eigenvalue weighted by molar-refractivity contribution is 0.0949. The normalized spacial score (nSPS) is 10.4. The van der Waals surface area contributed by atoms with Crippen molar-refractivity contribution < 1.29 is 4.79 Å². The predicted molar refractivity (Wildman–Crippen MR) is 97.3 cm³/mol. The molecule has 1 N–H and O–H groups in total. The highest BCUT2D eigenvalue weighted by molar-refractivity contribution is 5.92. The third-order valence-corrected chi connectivity index (χ3v) is 3.69. The van der Waals surface area contributed by atoms with E-state index in [-0.39, 0.29) is 5.91 Å². The highest BCUT2D eigenvalue weighted by Gasteiger charge is 2.12. The van der Waals surface area contributed by atoms with E-state index < -0.39 is 0 Å². The fourth-order valence-corrected chi connectivity index (χ4v) is 2.53. The van der Waals surface area contributed by atoms with Gasteiger partial charge in [-0.1, -0.05) is 44.2 Å². The quantitative estimate of drug-likeness (QED) is 0.769. The number of benzene rings is 1. The zero-order valence-electron chi connectivity index (χ0n) is 14.5. The zero-order valence-corrected chi connectivity index (χ0v) is 14.5. The Kier molecular flexibility index (Phi) is 7.21. The van der Waals surface area contributed by atoms with E-state index in [1.165, 1.54) is 5.56 Å². The smallest absolute Gasteiger partial charge is 0.270 e. The molecule has 0 atom stereocenters. The molecule has 0 spiro atoms. The van der Waals surface area contributed by atoms with Crippen LogP contribution in [0.4, 0.5) is 5.95 Å². The number of nitrogens with zero attached hydrogens (tertiary/aromatic N) is 3. The van der Waals surface area contributed by atoms with Crippen molar-refractivity contribution in [3.63, 3.8) is 0 Å². The third kappa shape index (κ3) is 5.33. The number of hydrogen-bond acceptors (Lipinski definition) is 4. The Hall–Kier alpha value is -2.43. The Morgan fingerprint density at radius 2 is 1.79 bits per heavy atom. The Morgan fingerprint density at radius 1 is 1.08 bits per heavy atom. The molecule has 1 heterocycles. The van der Waals surface area contributed by atoms with Gasteiger partial charge in [0.25, 0.3) is 5.91 Å². The fourth-order valence-electron chi connectivity index (χ4n) is 2.53. The first-order valence-corrected chi connectivity index (χ1v) is 8.64. The highest BCUT2D eigenvalue weighted by atomic mass is 16.1. The summed E-state index contributed by atoms with van der Waals surface area (Å²) in [5.41, 5.74) is 1.63. The molecule has 128 valence electrons. The van der Waals surface area contributed by atoms with Crippen LogP contribution >= 0.6 is 0 Å². The summed E-state index contributed by atoms with van der Waals surface area (Å²) in [5, 5.41) is 2.93. The zero-order chi connectivity index (χ0) is 17.2. The van der Waals surface area contributed by atoms with Crippen molar-refractivity contribution >= 4 is 11.9 Å². The maximum Gasteiger partial charge on any atom is 0.270 e. The Bertz CT molecular complexity index is 624. The molecule has 0 saturated heterocycles. The number of aromatic nitrogens is 2. The minimum absolute atomic E-state index is 0.150. The van der Waals surface area contributed by atoms with Gasteiger partial charge in [0.1, 0.15) is 5.69 Å². The van der Waals surface area contributed by atoms with E-state index in [9.17, 15) is 4.79 Å². The lowest BCUT2D eigenvalue weighted by atomic mass is 10.1. The first kappa shape index (κ1) is 17.9. The number of amides is 1. The van der Waals surface area contributed by atoms with Crippen molar-refractivity contribution in [2.24, 2.45) is 0 Å². The van der Waals surface area contributed by atoms with Crippen LogP contribution in [-0.2, 0) is 6.42 Å². The summed E-state index contributed by atoms with van der Waals surface area (Å²) in [7, 11) is 0. The summed E-state index contributed by atoms with van der Waals surface area (Å²) < 4.78 is 0.